The highest BCUT2D eigenvalue weighted by Crippen LogP contribution is 2.10. The van der Waals surface area contributed by atoms with Gasteiger partial charge in [-0.3, -0.25) is 4.90 Å². The third-order valence-electron chi connectivity index (χ3n) is 3.18. The number of aryl methyl sites for hydroxylation is 1. The van der Waals surface area contributed by atoms with Crippen molar-refractivity contribution in [2.45, 2.75) is 39.5 Å². The van der Waals surface area contributed by atoms with Crippen LogP contribution in [0.2, 0.25) is 0 Å². The lowest BCUT2D eigenvalue weighted by Gasteiger charge is -2.28. The lowest BCUT2D eigenvalue weighted by atomic mass is 10.1. The highest BCUT2D eigenvalue weighted by molar-refractivity contribution is 5.21. The summed E-state index contributed by atoms with van der Waals surface area (Å²) in [5.41, 5.74) is 2.51. The minimum absolute atomic E-state index is 0.247. The first-order valence-electron chi connectivity index (χ1n) is 7.01. The maximum Gasteiger partial charge on any atom is 0.107 e. The third kappa shape index (κ3) is 6.21. The Morgan fingerprint density at radius 1 is 1.30 bits per heavy atom. The highest BCUT2D eigenvalue weighted by Gasteiger charge is 2.15. The van der Waals surface area contributed by atoms with Crippen molar-refractivity contribution in [3.63, 3.8) is 0 Å². The molecule has 0 saturated heterocycles. The smallest absolute Gasteiger partial charge is 0.107 e. The molecule has 1 aromatic carbocycles. The molecule has 110 valence electrons. The molecule has 0 heterocycles. The number of benzene rings is 1. The molecule has 0 spiro atoms. The van der Waals surface area contributed by atoms with Crippen molar-refractivity contribution in [2.24, 2.45) is 0 Å². The van der Waals surface area contributed by atoms with Gasteiger partial charge in [-0.05, 0) is 26.3 Å². The van der Waals surface area contributed by atoms with Crippen LogP contribution in [-0.2, 0) is 11.3 Å². The molecule has 3 nitrogen and oxygen atoms in total. The Bertz CT molecular complexity index is 420. The van der Waals surface area contributed by atoms with Crippen LogP contribution in [0.1, 0.15) is 25.0 Å². The Morgan fingerprint density at radius 3 is 2.50 bits per heavy atom. The van der Waals surface area contributed by atoms with Crippen molar-refractivity contribution in [3.8, 4) is 12.3 Å². The molecule has 1 N–H and O–H groups in total. The fourth-order valence-electron chi connectivity index (χ4n) is 1.96. The number of aliphatic hydroxyl groups excluding tert-OH is 1. The normalized spacial score (nSPS) is 12.7. The Hall–Kier alpha value is -1.34. The number of terminal acetylenes is 1. The summed E-state index contributed by atoms with van der Waals surface area (Å²) in [7, 11) is 0. The second kappa shape index (κ2) is 8.76. The van der Waals surface area contributed by atoms with Crippen molar-refractivity contribution in [1.29, 1.82) is 0 Å². The van der Waals surface area contributed by atoms with Crippen LogP contribution in [0.25, 0.3) is 0 Å². The zero-order valence-electron chi connectivity index (χ0n) is 12.7. The topological polar surface area (TPSA) is 32.7 Å². The first-order valence-corrected chi connectivity index (χ1v) is 7.01. The van der Waals surface area contributed by atoms with Gasteiger partial charge in [0.2, 0.25) is 0 Å². The Kier molecular flexibility index (Phi) is 7.32. The van der Waals surface area contributed by atoms with Crippen LogP contribution in [-0.4, -0.2) is 41.9 Å². The summed E-state index contributed by atoms with van der Waals surface area (Å²) in [5, 5.41) is 9.98. The van der Waals surface area contributed by atoms with Crippen molar-refractivity contribution in [1.82, 2.24) is 4.90 Å². The van der Waals surface area contributed by atoms with Gasteiger partial charge in [-0.1, -0.05) is 35.7 Å². The quantitative estimate of drug-likeness (QED) is 0.583. The molecular formula is C17H25NO2. The minimum Gasteiger partial charge on any atom is -0.389 e. The molecule has 1 rings (SSSR count). The molecule has 0 unspecified atom stereocenters. The molecule has 0 amide bonds. The molecule has 0 aromatic heterocycles. The molecule has 1 aromatic rings. The predicted octanol–water partition coefficient (Wildman–Crippen LogP) is 2.22. The van der Waals surface area contributed by atoms with Gasteiger partial charge in [-0.15, -0.1) is 6.42 Å². The first-order chi connectivity index (χ1) is 9.52. The van der Waals surface area contributed by atoms with E-state index in [-0.39, 0.29) is 13.2 Å². The Labute approximate surface area is 122 Å². The average molecular weight is 275 g/mol. The summed E-state index contributed by atoms with van der Waals surface area (Å²) in [6.45, 7) is 8.27. The Morgan fingerprint density at radius 2 is 1.95 bits per heavy atom. The fourth-order valence-corrected chi connectivity index (χ4v) is 1.96. The summed E-state index contributed by atoms with van der Waals surface area (Å²) < 4.78 is 5.18. The summed E-state index contributed by atoms with van der Waals surface area (Å²) in [5.74, 6) is 2.40. The van der Waals surface area contributed by atoms with E-state index in [1.807, 2.05) is 0 Å². The van der Waals surface area contributed by atoms with Gasteiger partial charge in [0.05, 0.1) is 12.7 Å². The van der Waals surface area contributed by atoms with Gasteiger partial charge >= 0.3 is 0 Å². The van der Waals surface area contributed by atoms with E-state index < -0.39 is 6.10 Å². The number of ether oxygens (including phenoxy) is 1. The van der Waals surface area contributed by atoms with E-state index in [0.29, 0.717) is 12.6 Å². The van der Waals surface area contributed by atoms with Crippen molar-refractivity contribution in [2.75, 3.05) is 19.8 Å². The van der Waals surface area contributed by atoms with Crippen LogP contribution in [0.5, 0.6) is 0 Å². The van der Waals surface area contributed by atoms with Crippen LogP contribution in [0.3, 0.4) is 0 Å². The lowest BCUT2D eigenvalue weighted by molar-refractivity contribution is 0.0192. The van der Waals surface area contributed by atoms with Gasteiger partial charge in [0.15, 0.2) is 0 Å². The van der Waals surface area contributed by atoms with Gasteiger partial charge in [0.1, 0.15) is 6.61 Å². The molecule has 0 aliphatic heterocycles. The summed E-state index contributed by atoms with van der Waals surface area (Å²) in [6, 6.07) is 8.84. The van der Waals surface area contributed by atoms with Gasteiger partial charge in [-0.2, -0.15) is 0 Å². The van der Waals surface area contributed by atoms with Crippen LogP contribution < -0.4 is 0 Å². The van der Waals surface area contributed by atoms with Crippen LogP contribution >= 0.6 is 0 Å². The zero-order chi connectivity index (χ0) is 15.0. The van der Waals surface area contributed by atoms with Crippen LogP contribution in [0.15, 0.2) is 24.3 Å². The number of aliphatic hydroxyl groups is 1. The maximum absolute atomic E-state index is 9.98. The molecule has 1 atom stereocenters. The number of hydrogen-bond donors (Lipinski definition) is 1. The standard InChI is InChI=1S/C17H25NO2/c1-5-10-20-13-17(19)12-18(14(2)3)11-16-8-6-15(4)7-9-16/h1,6-9,14,17,19H,10-13H2,2-4H3/t17-/m0/s1. The van der Waals surface area contributed by atoms with E-state index in [1.165, 1.54) is 11.1 Å². The largest absolute Gasteiger partial charge is 0.389 e. The minimum atomic E-state index is -0.517. The van der Waals surface area contributed by atoms with Crippen molar-refractivity contribution < 1.29 is 9.84 Å². The molecule has 0 aliphatic rings. The maximum atomic E-state index is 9.98. The molecule has 0 radical (unpaired) electrons. The molecular weight excluding hydrogens is 250 g/mol. The molecule has 0 saturated carbocycles. The summed E-state index contributed by atoms with van der Waals surface area (Å²) in [6.07, 6.45) is 4.59. The molecule has 20 heavy (non-hydrogen) atoms. The number of nitrogens with zero attached hydrogens (tertiary/aromatic N) is 1. The second-order valence-corrected chi connectivity index (χ2v) is 5.38. The van der Waals surface area contributed by atoms with Gasteiger partial charge in [0, 0.05) is 19.1 Å². The monoisotopic (exact) mass is 275 g/mol. The van der Waals surface area contributed by atoms with Gasteiger partial charge in [-0.25, -0.2) is 0 Å². The average Bonchev–Trinajstić information content (AvgIpc) is 2.40. The zero-order valence-corrected chi connectivity index (χ0v) is 12.7. The molecule has 0 fully saturated rings. The van der Waals surface area contributed by atoms with E-state index in [1.54, 1.807) is 0 Å². The van der Waals surface area contributed by atoms with E-state index in [9.17, 15) is 5.11 Å². The highest BCUT2D eigenvalue weighted by atomic mass is 16.5. The van der Waals surface area contributed by atoms with E-state index >= 15 is 0 Å². The molecule has 3 heteroatoms. The van der Waals surface area contributed by atoms with Gasteiger partial charge < -0.3 is 9.84 Å². The van der Waals surface area contributed by atoms with E-state index in [2.05, 4.69) is 55.9 Å². The fraction of sp³-hybridized carbons (Fsp3) is 0.529. The summed E-state index contributed by atoms with van der Waals surface area (Å²) in [4.78, 5) is 2.23. The van der Waals surface area contributed by atoms with Crippen LogP contribution in [0, 0.1) is 19.3 Å². The number of hydrogen-bond acceptors (Lipinski definition) is 3. The molecule has 0 bridgehead atoms. The first kappa shape index (κ1) is 16.7. The summed E-state index contributed by atoms with van der Waals surface area (Å²) >= 11 is 0. The lowest BCUT2D eigenvalue weighted by Crippen LogP contribution is -2.38. The third-order valence-corrected chi connectivity index (χ3v) is 3.18. The van der Waals surface area contributed by atoms with Gasteiger partial charge in [0.25, 0.3) is 0 Å². The van der Waals surface area contributed by atoms with Crippen molar-refractivity contribution in [3.05, 3.63) is 35.4 Å². The van der Waals surface area contributed by atoms with E-state index in [0.717, 1.165) is 6.54 Å². The predicted molar refractivity (Wildman–Crippen MR) is 82.4 cm³/mol. The van der Waals surface area contributed by atoms with Crippen LogP contribution in [0.4, 0.5) is 0 Å². The SMILES string of the molecule is C#CCOC[C@@H](O)CN(Cc1ccc(C)cc1)C(C)C. The van der Waals surface area contributed by atoms with E-state index in [4.69, 9.17) is 11.2 Å². The second-order valence-electron chi connectivity index (χ2n) is 5.38. The Balaban J connectivity index is 2.52. The molecule has 0 aliphatic carbocycles. The number of rotatable bonds is 8. The van der Waals surface area contributed by atoms with Crippen molar-refractivity contribution >= 4 is 0 Å².